The maximum Gasteiger partial charge on any atom is 0.195 e. The van der Waals surface area contributed by atoms with Crippen molar-refractivity contribution in [3.63, 3.8) is 0 Å². The van der Waals surface area contributed by atoms with Crippen molar-refractivity contribution in [2.75, 3.05) is 26.4 Å². The zero-order valence-corrected chi connectivity index (χ0v) is 18.2. The molecule has 5 unspecified atom stereocenters. The Morgan fingerprint density at radius 1 is 0.900 bits per heavy atom. The lowest BCUT2D eigenvalue weighted by atomic mass is 9.52. The average molecular weight is 419 g/mol. The third-order valence-electron chi connectivity index (χ3n) is 10.4. The van der Waals surface area contributed by atoms with Gasteiger partial charge in [-0.1, -0.05) is 13.0 Å². The number of hydrogen-bond donors (Lipinski definition) is 1. The first kappa shape index (κ1) is 19.0. The fourth-order valence-electron chi connectivity index (χ4n) is 8.85. The van der Waals surface area contributed by atoms with Crippen LogP contribution in [0.1, 0.15) is 65.2 Å². The Bertz CT molecular complexity index is 813. The fraction of sp³-hybridized carbons (Fsp3) is 0.917. The van der Waals surface area contributed by atoms with Gasteiger partial charge in [-0.2, -0.15) is 0 Å². The molecule has 3 saturated carbocycles. The Labute approximate surface area is 178 Å². The van der Waals surface area contributed by atoms with Gasteiger partial charge in [0.1, 0.15) is 16.8 Å². The lowest BCUT2D eigenvalue weighted by molar-refractivity contribution is -0.293. The predicted molar refractivity (Wildman–Crippen MR) is 107 cm³/mol. The van der Waals surface area contributed by atoms with Gasteiger partial charge < -0.3 is 28.8 Å². The molecule has 0 aromatic rings. The predicted octanol–water partition coefficient (Wildman–Crippen LogP) is 3.07. The van der Waals surface area contributed by atoms with E-state index >= 15 is 0 Å². The first-order valence-corrected chi connectivity index (χ1v) is 12.0. The SMILES string of the molecule is CC1([C@@]2(O)CCC3C4CCC56CC7(CCC5(O6)C4=CCC32C)OCCO7)OCCO1. The van der Waals surface area contributed by atoms with Crippen molar-refractivity contribution in [1.29, 1.82) is 0 Å². The number of allylic oxidation sites excluding steroid dienone is 1. The number of fused-ring (bicyclic) bond motifs is 3. The summed E-state index contributed by atoms with van der Waals surface area (Å²) in [5, 5.41) is 12.0. The lowest BCUT2D eigenvalue weighted by Gasteiger charge is -2.55. The van der Waals surface area contributed by atoms with Gasteiger partial charge in [0.25, 0.3) is 0 Å². The van der Waals surface area contributed by atoms with E-state index in [2.05, 4.69) is 13.0 Å². The molecule has 0 radical (unpaired) electrons. The molecule has 0 aromatic carbocycles. The molecule has 6 fully saturated rings. The van der Waals surface area contributed by atoms with Crippen LogP contribution in [0.15, 0.2) is 11.6 Å². The highest BCUT2D eigenvalue weighted by Crippen LogP contribution is 2.74. The van der Waals surface area contributed by atoms with Gasteiger partial charge in [0.05, 0.1) is 26.4 Å². The normalized spacial score (nSPS) is 54.8. The summed E-state index contributed by atoms with van der Waals surface area (Å²) < 4.78 is 30.8. The molecular weight excluding hydrogens is 384 g/mol. The largest absolute Gasteiger partial charge is 0.384 e. The maximum atomic E-state index is 12.0. The van der Waals surface area contributed by atoms with E-state index in [0.717, 1.165) is 51.4 Å². The van der Waals surface area contributed by atoms with Gasteiger partial charge in [0, 0.05) is 18.3 Å². The van der Waals surface area contributed by atoms with Crippen LogP contribution in [0.4, 0.5) is 0 Å². The summed E-state index contributed by atoms with van der Waals surface area (Å²) in [6.07, 6.45) is 10.0. The number of hydrogen-bond acceptors (Lipinski definition) is 6. The molecule has 6 heteroatoms. The Hall–Kier alpha value is -0.500. The van der Waals surface area contributed by atoms with Gasteiger partial charge in [-0.25, -0.2) is 0 Å². The van der Waals surface area contributed by atoms with Crippen LogP contribution in [0.5, 0.6) is 0 Å². The highest BCUT2D eigenvalue weighted by molar-refractivity contribution is 5.43. The smallest absolute Gasteiger partial charge is 0.195 e. The molecule has 1 N–H and O–H groups in total. The Kier molecular flexibility index (Phi) is 3.50. The number of epoxide rings is 1. The lowest BCUT2D eigenvalue weighted by Crippen LogP contribution is -2.62. The second-order valence-corrected chi connectivity index (χ2v) is 11.3. The monoisotopic (exact) mass is 418 g/mol. The molecule has 4 aliphatic carbocycles. The van der Waals surface area contributed by atoms with Crippen LogP contribution in [-0.2, 0) is 23.7 Å². The van der Waals surface area contributed by atoms with E-state index in [0.29, 0.717) is 38.3 Å². The van der Waals surface area contributed by atoms with Crippen LogP contribution in [0.3, 0.4) is 0 Å². The van der Waals surface area contributed by atoms with Crippen molar-refractivity contribution in [1.82, 2.24) is 0 Å². The van der Waals surface area contributed by atoms with E-state index in [4.69, 9.17) is 23.7 Å². The molecule has 7 aliphatic rings. The zero-order chi connectivity index (χ0) is 20.5. The van der Waals surface area contributed by atoms with Crippen LogP contribution in [0, 0.1) is 17.3 Å². The molecule has 0 aromatic heterocycles. The third kappa shape index (κ3) is 1.95. The fourth-order valence-corrected chi connectivity index (χ4v) is 8.85. The molecule has 6 atom stereocenters. The maximum absolute atomic E-state index is 12.0. The summed E-state index contributed by atoms with van der Waals surface area (Å²) in [5.74, 6) is -0.379. The first-order valence-electron chi connectivity index (χ1n) is 12.0. The van der Waals surface area contributed by atoms with E-state index in [1.807, 2.05) is 6.92 Å². The first-order chi connectivity index (χ1) is 14.3. The van der Waals surface area contributed by atoms with E-state index in [1.54, 1.807) is 0 Å². The van der Waals surface area contributed by atoms with E-state index < -0.39 is 17.2 Å². The van der Waals surface area contributed by atoms with Crippen molar-refractivity contribution in [3.05, 3.63) is 11.6 Å². The molecule has 30 heavy (non-hydrogen) atoms. The minimum atomic E-state index is -0.956. The molecule has 6 nitrogen and oxygen atoms in total. The summed E-state index contributed by atoms with van der Waals surface area (Å²) in [5.41, 5.74) is 0.126. The quantitative estimate of drug-likeness (QED) is 0.521. The standard InChI is InChI=1S/C24H34O6/c1-19-6-4-18-16(17(19)5-8-24(19,25)20(2)26-11-12-27-20)3-7-21-15-22(28-13-14-29-22)9-10-23(18,21)30-21/h4,16-17,25H,3,5-15H2,1-2H3/t16?,17?,19?,21?,23?,24-/m1/s1. The molecular formula is C24H34O6. The van der Waals surface area contributed by atoms with Crippen LogP contribution in [-0.4, -0.2) is 59.9 Å². The summed E-state index contributed by atoms with van der Waals surface area (Å²) in [4.78, 5) is 0. The van der Waals surface area contributed by atoms with Gasteiger partial charge in [0.15, 0.2) is 11.6 Å². The molecule has 3 aliphatic heterocycles. The van der Waals surface area contributed by atoms with Crippen LogP contribution >= 0.6 is 0 Å². The third-order valence-corrected chi connectivity index (χ3v) is 10.4. The minimum Gasteiger partial charge on any atom is -0.384 e. The molecule has 1 spiro atoms. The molecule has 0 bridgehead atoms. The Balaban J connectivity index is 1.23. The second-order valence-electron chi connectivity index (χ2n) is 11.3. The molecule has 0 amide bonds. The summed E-state index contributed by atoms with van der Waals surface area (Å²) >= 11 is 0. The van der Waals surface area contributed by atoms with E-state index in [-0.39, 0.29) is 16.6 Å². The van der Waals surface area contributed by atoms with Gasteiger partial charge in [0.2, 0.25) is 0 Å². The van der Waals surface area contributed by atoms with E-state index in [9.17, 15) is 5.11 Å². The topological polar surface area (TPSA) is 69.7 Å². The van der Waals surface area contributed by atoms with Gasteiger partial charge in [-0.15, -0.1) is 0 Å². The molecule has 166 valence electrons. The number of rotatable bonds is 1. The zero-order valence-electron chi connectivity index (χ0n) is 18.2. The van der Waals surface area contributed by atoms with Crippen molar-refractivity contribution in [3.8, 4) is 0 Å². The molecule has 7 rings (SSSR count). The number of ether oxygens (including phenoxy) is 5. The molecule has 3 saturated heterocycles. The summed E-state index contributed by atoms with van der Waals surface area (Å²) in [6, 6.07) is 0. The Morgan fingerprint density at radius 2 is 1.63 bits per heavy atom. The van der Waals surface area contributed by atoms with Crippen molar-refractivity contribution in [2.24, 2.45) is 17.3 Å². The van der Waals surface area contributed by atoms with Crippen molar-refractivity contribution < 1.29 is 28.8 Å². The van der Waals surface area contributed by atoms with Gasteiger partial charge >= 0.3 is 0 Å². The van der Waals surface area contributed by atoms with Crippen molar-refractivity contribution in [2.45, 2.75) is 93.6 Å². The van der Waals surface area contributed by atoms with E-state index in [1.165, 1.54) is 5.57 Å². The minimum absolute atomic E-state index is 0.0930. The van der Waals surface area contributed by atoms with Crippen molar-refractivity contribution >= 4 is 0 Å². The van der Waals surface area contributed by atoms with Crippen LogP contribution in [0.2, 0.25) is 0 Å². The summed E-state index contributed by atoms with van der Waals surface area (Å²) in [7, 11) is 0. The highest BCUT2D eigenvalue weighted by atomic mass is 16.8. The number of aliphatic hydroxyl groups is 1. The van der Waals surface area contributed by atoms with Crippen LogP contribution in [0.25, 0.3) is 0 Å². The Morgan fingerprint density at radius 3 is 2.40 bits per heavy atom. The van der Waals surface area contributed by atoms with Crippen LogP contribution < -0.4 is 0 Å². The summed E-state index contributed by atoms with van der Waals surface area (Å²) in [6.45, 7) is 6.76. The average Bonchev–Trinajstić information content (AvgIpc) is 3.04. The van der Waals surface area contributed by atoms with Gasteiger partial charge in [-0.05, 0) is 62.9 Å². The molecule has 3 heterocycles. The second kappa shape index (κ2) is 5.52. The highest BCUT2D eigenvalue weighted by Gasteiger charge is 2.80. The van der Waals surface area contributed by atoms with Gasteiger partial charge in [-0.3, -0.25) is 0 Å².